The van der Waals surface area contributed by atoms with Crippen LogP contribution in [0, 0.1) is 0 Å². The van der Waals surface area contributed by atoms with E-state index in [2.05, 4.69) is 0 Å². The van der Waals surface area contributed by atoms with E-state index >= 15 is 0 Å². The number of carbonyl (C=O) groups is 1. The SMILES string of the molecule is O.O=C(O)O.O=S([O-])[O-].[Na+].[Na+]. The maximum Gasteiger partial charge on any atom is 1.00 e. The molecule has 0 saturated carbocycles. The molecular weight excluding hydrogens is 202 g/mol. The first-order valence-electron chi connectivity index (χ1n) is 1.15. The van der Waals surface area contributed by atoms with E-state index < -0.39 is 17.5 Å². The molecule has 0 aliphatic carbocycles. The van der Waals surface area contributed by atoms with Crippen LogP contribution in [0.25, 0.3) is 0 Å². The van der Waals surface area contributed by atoms with Gasteiger partial charge in [-0.1, -0.05) is 0 Å². The molecule has 0 heterocycles. The summed E-state index contributed by atoms with van der Waals surface area (Å²) in [6.07, 6.45) is -1.83. The summed E-state index contributed by atoms with van der Waals surface area (Å²) in [6, 6.07) is 0. The maximum atomic E-state index is 8.56. The number of hydrogen-bond donors (Lipinski definition) is 2. The second-order valence-electron chi connectivity index (χ2n) is 0.487. The molecule has 0 aromatic carbocycles. The van der Waals surface area contributed by atoms with E-state index in [4.69, 9.17) is 28.3 Å². The van der Waals surface area contributed by atoms with Crippen molar-refractivity contribution in [3.8, 4) is 0 Å². The van der Waals surface area contributed by atoms with Crippen LogP contribution in [0.2, 0.25) is 0 Å². The second-order valence-corrected chi connectivity index (χ2v) is 0.895. The van der Waals surface area contributed by atoms with Crippen LogP contribution in [0.5, 0.6) is 0 Å². The van der Waals surface area contributed by atoms with Crippen LogP contribution in [-0.2, 0) is 11.4 Å². The third kappa shape index (κ3) is 578. The molecule has 58 valence electrons. The largest absolute Gasteiger partial charge is 1.00 e. The van der Waals surface area contributed by atoms with Gasteiger partial charge in [-0.2, -0.15) is 0 Å². The van der Waals surface area contributed by atoms with Crippen molar-refractivity contribution in [2.75, 3.05) is 0 Å². The van der Waals surface area contributed by atoms with Gasteiger partial charge >= 0.3 is 65.3 Å². The average molecular weight is 206 g/mol. The first kappa shape index (κ1) is 29.5. The monoisotopic (exact) mass is 206 g/mol. The Labute approximate surface area is 109 Å². The van der Waals surface area contributed by atoms with Crippen molar-refractivity contribution in [1.29, 1.82) is 0 Å². The predicted octanol–water partition coefficient (Wildman–Crippen LogP) is -7.60. The fourth-order valence-corrected chi connectivity index (χ4v) is 0. The van der Waals surface area contributed by atoms with Crippen LogP contribution >= 0.6 is 0 Å². The smallest absolute Gasteiger partial charge is 0.784 e. The van der Waals surface area contributed by atoms with Crippen LogP contribution in [0.4, 0.5) is 4.79 Å². The summed E-state index contributed by atoms with van der Waals surface area (Å²) in [4.78, 5) is 8.56. The van der Waals surface area contributed by atoms with Gasteiger partial charge in [0.2, 0.25) is 0 Å². The fraction of sp³-hybridized carbons (Fsp3) is 0. The molecule has 0 rings (SSSR count). The van der Waals surface area contributed by atoms with Gasteiger partial charge in [-0.3, -0.25) is 4.21 Å². The first-order valence-corrected chi connectivity index (χ1v) is 2.15. The summed E-state index contributed by atoms with van der Waals surface area (Å²) >= 11 is -3.11. The van der Waals surface area contributed by atoms with Gasteiger partial charge in [0.1, 0.15) is 0 Å². The zero-order valence-electron chi connectivity index (χ0n) is 5.94. The normalized spacial score (nSPS) is 5.36. The molecule has 0 unspecified atom stereocenters. The molecular formula is CH4Na2O7S. The minimum atomic E-state index is -3.11. The maximum absolute atomic E-state index is 8.56. The molecule has 0 amide bonds. The van der Waals surface area contributed by atoms with Gasteiger partial charge in [0.05, 0.1) is 0 Å². The molecule has 10 heteroatoms. The number of hydrogen-bond acceptors (Lipinski definition) is 4. The Hall–Kier alpha value is 1.30. The molecule has 0 spiro atoms. The van der Waals surface area contributed by atoms with E-state index in [1.807, 2.05) is 0 Å². The van der Waals surface area contributed by atoms with E-state index in [1.54, 1.807) is 0 Å². The quantitative estimate of drug-likeness (QED) is 0.296. The van der Waals surface area contributed by atoms with Gasteiger partial charge in [-0.25, -0.2) is 4.79 Å². The van der Waals surface area contributed by atoms with E-state index in [0.29, 0.717) is 0 Å². The Kier molecular flexibility index (Phi) is 60.3. The zero-order chi connectivity index (χ0) is 7.15. The summed E-state index contributed by atoms with van der Waals surface area (Å²) in [5.41, 5.74) is 0. The van der Waals surface area contributed by atoms with Crippen LogP contribution in [0.3, 0.4) is 0 Å². The molecule has 0 saturated heterocycles. The summed E-state index contributed by atoms with van der Waals surface area (Å²) < 4.78 is 25.3. The fourth-order valence-electron chi connectivity index (χ4n) is 0. The minimum Gasteiger partial charge on any atom is -0.784 e. The molecule has 4 N–H and O–H groups in total. The van der Waals surface area contributed by atoms with Crippen molar-refractivity contribution >= 4 is 17.5 Å². The molecule has 0 fully saturated rings. The van der Waals surface area contributed by atoms with Crippen molar-refractivity contribution in [1.82, 2.24) is 0 Å². The summed E-state index contributed by atoms with van der Waals surface area (Å²) in [5, 5.41) is 13.9. The Balaban J connectivity index is -0.0000000171. The Bertz CT molecular complexity index is 74.4. The Morgan fingerprint density at radius 2 is 1.18 bits per heavy atom. The van der Waals surface area contributed by atoms with Crippen molar-refractivity contribution in [3.05, 3.63) is 0 Å². The predicted molar refractivity (Wildman–Crippen MR) is 24.0 cm³/mol. The average Bonchev–Trinajstić information content (AvgIpc) is 1.25. The van der Waals surface area contributed by atoms with Crippen molar-refractivity contribution in [3.63, 3.8) is 0 Å². The van der Waals surface area contributed by atoms with E-state index in [9.17, 15) is 0 Å². The van der Waals surface area contributed by atoms with Crippen molar-refractivity contribution < 1.29 is 92.9 Å². The second kappa shape index (κ2) is 22.5. The first-order chi connectivity index (χ1) is 3.46. The topological polar surface area (TPSA) is 152 Å². The van der Waals surface area contributed by atoms with Crippen LogP contribution < -0.4 is 59.1 Å². The van der Waals surface area contributed by atoms with E-state index in [1.165, 1.54) is 0 Å². The molecule has 0 aromatic rings. The standard InChI is InChI=1S/CH2O3.2Na.H2O3S.H2O/c2-1(3)4;;;1-4(2)3;/h(H2,2,3,4);;;(H2,1,2,3);1H2/q;2*+1;;/p-2. The molecule has 7 nitrogen and oxygen atoms in total. The zero-order valence-corrected chi connectivity index (χ0v) is 10.8. The third-order valence-corrected chi connectivity index (χ3v) is 0. The summed E-state index contributed by atoms with van der Waals surface area (Å²) in [6.45, 7) is 0. The van der Waals surface area contributed by atoms with Gasteiger partial charge in [-0.05, 0) is 0 Å². The van der Waals surface area contributed by atoms with Gasteiger partial charge < -0.3 is 24.8 Å². The van der Waals surface area contributed by atoms with Crippen LogP contribution in [0.15, 0.2) is 0 Å². The van der Waals surface area contributed by atoms with Crippen molar-refractivity contribution in [2.24, 2.45) is 0 Å². The Morgan fingerprint density at radius 1 is 1.18 bits per heavy atom. The van der Waals surface area contributed by atoms with Crippen molar-refractivity contribution in [2.45, 2.75) is 0 Å². The molecule has 0 atom stereocenters. The van der Waals surface area contributed by atoms with Crippen LogP contribution in [0.1, 0.15) is 0 Å². The molecule has 0 aromatic heterocycles. The summed E-state index contributed by atoms with van der Waals surface area (Å²) in [7, 11) is 0. The van der Waals surface area contributed by atoms with Gasteiger partial charge in [0, 0.05) is 0 Å². The number of carboxylic acid groups (broad SMARTS) is 2. The van der Waals surface area contributed by atoms with E-state index in [0.717, 1.165) is 0 Å². The third-order valence-electron chi connectivity index (χ3n) is 0. The Morgan fingerprint density at radius 3 is 1.18 bits per heavy atom. The number of rotatable bonds is 0. The molecule has 0 bridgehead atoms. The van der Waals surface area contributed by atoms with E-state index in [-0.39, 0.29) is 64.6 Å². The molecule has 0 radical (unpaired) electrons. The molecule has 0 aliphatic heterocycles. The minimum absolute atomic E-state index is 0. The van der Waals surface area contributed by atoms with Crippen LogP contribution in [-0.4, -0.2) is 35.2 Å². The summed E-state index contributed by atoms with van der Waals surface area (Å²) in [5.74, 6) is 0. The van der Waals surface area contributed by atoms with Gasteiger partial charge in [0.25, 0.3) is 0 Å². The van der Waals surface area contributed by atoms with Gasteiger partial charge in [0.15, 0.2) is 0 Å². The molecule has 0 aliphatic rings. The molecule has 11 heavy (non-hydrogen) atoms. The van der Waals surface area contributed by atoms with Gasteiger partial charge in [-0.15, -0.1) is 11.4 Å².